The molecule has 0 aliphatic heterocycles. The molecule has 0 saturated carbocycles. The van der Waals surface area contributed by atoms with Crippen molar-refractivity contribution in [3.05, 3.63) is 48.0 Å². The number of halogens is 8. The van der Waals surface area contributed by atoms with Gasteiger partial charge in [0.15, 0.2) is 0 Å². The van der Waals surface area contributed by atoms with E-state index in [-0.39, 0.29) is 42.5 Å². The van der Waals surface area contributed by atoms with Crippen molar-refractivity contribution in [2.75, 3.05) is 0 Å². The third-order valence-corrected chi connectivity index (χ3v) is 4.51. The second-order valence-corrected chi connectivity index (χ2v) is 9.43. The fourth-order valence-corrected chi connectivity index (χ4v) is 2.16. The van der Waals surface area contributed by atoms with Crippen LogP contribution in [0, 0.1) is 16.9 Å². The van der Waals surface area contributed by atoms with Gasteiger partial charge in [-0.1, -0.05) is 32.5 Å². The Kier molecular flexibility index (Phi) is 9.51. The standard InChI is InChI=1S/C11H4F8N.C11H20O2.Ir/c12-8(13)5-6(7-3-1-2-4-20-7)9(14,15)11(18,19)10(8,16)17;1-10(2,3)8(12)7-9(13)11(4,5)6;/h1-4H;7,12H,1-6H3;/q-1;;/p+1/b;8-7-;. The Hall–Kier alpha value is -1.81. The van der Waals surface area contributed by atoms with E-state index in [2.05, 4.69) is 4.98 Å². The first-order valence-corrected chi connectivity index (χ1v) is 9.56. The van der Waals surface area contributed by atoms with Crippen LogP contribution in [0.3, 0.4) is 0 Å². The van der Waals surface area contributed by atoms with E-state index < -0.39 is 35.0 Å². The number of rotatable bonds is 2. The van der Waals surface area contributed by atoms with Crippen LogP contribution in [-0.2, 0) is 20.1 Å². The van der Waals surface area contributed by atoms with Gasteiger partial charge in [0.2, 0.25) is 0 Å². The molecule has 1 heterocycles. The third kappa shape index (κ3) is 6.24. The van der Waals surface area contributed by atoms with Crippen LogP contribution in [0.25, 0.3) is 5.57 Å². The average molecular weight is 680 g/mol. The summed E-state index contributed by atoms with van der Waals surface area (Å²) >= 11 is 0. The molecular formula is C22H25F8IrNO2. The Labute approximate surface area is 205 Å². The number of aromatic nitrogens is 1. The molecule has 1 radical (unpaired) electrons. The van der Waals surface area contributed by atoms with Crippen molar-refractivity contribution in [2.24, 2.45) is 10.8 Å². The summed E-state index contributed by atoms with van der Waals surface area (Å²) in [5.41, 5.74) is -3.65. The van der Waals surface area contributed by atoms with Crippen molar-refractivity contribution in [1.29, 1.82) is 0 Å². The van der Waals surface area contributed by atoms with Gasteiger partial charge in [-0.25, -0.2) is 8.78 Å². The second-order valence-electron chi connectivity index (χ2n) is 9.43. The molecule has 0 amide bonds. The zero-order valence-electron chi connectivity index (χ0n) is 19.1. The van der Waals surface area contributed by atoms with Gasteiger partial charge >= 0.3 is 23.6 Å². The quantitative estimate of drug-likeness (QED) is 0.122. The fourth-order valence-electron chi connectivity index (χ4n) is 2.16. The minimum atomic E-state index is -6.28. The van der Waals surface area contributed by atoms with Gasteiger partial charge in [-0.3, -0.25) is 4.79 Å². The van der Waals surface area contributed by atoms with Crippen LogP contribution in [0.5, 0.6) is 0 Å². The van der Waals surface area contributed by atoms with Gasteiger partial charge in [-0.2, -0.15) is 32.4 Å². The molecule has 12 heteroatoms. The molecule has 0 aromatic carbocycles. The molecule has 0 unspecified atom stereocenters. The minimum absolute atomic E-state index is 0. The van der Waals surface area contributed by atoms with E-state index in [0.29, 0.717) is 12.1 Å². The molecule has 0 fully saturated rings. The Bertz CT molecular complexity index is 930. The molecule has 2 N–H and O–H groups in total. The summed E-state index contributed by atoms with van der Waals surface area (Å²) in [6.45, 7) is 11.4. The molecule has 0 saturated heterocycles. The Morgan fingerprint density at radius 2 is 1.41 bits per heavy atom. The first-order valence-electron chi connectivity index (χ1n) is 9.56. The first kappa shape index (κ1) is 32.2. The first-order chi connectivity index (χ1) is 14.5. The summed E-state index contributed by atoms with van der Waals surface area (Å²) < 4.78 is 105. The minimum Gasteiger partial charge on any atom is -0.511 e. The summed E-state index contributed by atoms with van der Waals surface area (Å²) in [6.07, 6.45) is 2.79. The molecule has 0 bridgehead atoms. The average Bonchev–Trinajstić information content (AvgIpc) is 2.64. The topological polar surface area (TPSA) is 54.5 Å². The Balaban J connectivity index is 0.000000684. The molecule has 1 aliphatic rings. The van der Waals surface area contributed by atoms with Crippen LogP contribution >= 0.6 is 0 Å². The van der Waals surface area contributed by atoms with E-state index in [1.54, 1.807) is 0 Å². The largest absolute Gasteiger partial charge is 0.511 e. The van der Waals surface area contributed by atoms with E-state index >= 15 is 0 Å². The summed E-state index contributed by atoms with van der Waals surface area (Å²) in [6, 6.07) is 2.97. The number of ketones is 1. The predicted octanol–water partition coefficient (Wildman–Crippen LogP) is 6.89. The van der Waals surface area contributed by atoms with Gasteiger partial charge in [-0.05, 0) is 26.8 Å². The molecule has 195 valence electrons. The Morgan fingerprint density at radius 3 is 1.79 bits per heavy atom. The maximum Gasteiger partial charge on any atom is 0.378 e. The van der Waals surface area contributed by atoms with Gasteiger partial charge in [0.25, 0.3) is 5.92 Å². The predicted molar refractivity (Wildman–Crippen MR) is 107 cm³/mol. The number of nitrogens with zero attached hydrogens (tertiary/aromatic N) is 1. The molecule has 3 nitrogen and oxygen atoms in total. The van der Waals surface area contributed by atoms with Crippen LogP contribution in [-0.4, -0.2) is 44.4 Å². The Morgan fingerprint density at radius 1 is 0.912 bits per heavy atom. The van der Waals surface area contributed by atoms with Crippen molar-refractivity contribution in [3.63, 3.8) is 0 Å². The normalized spacial score (nSPS) is 20.8. The van der Waals surface area contributed by atoms with Crippen molar-refractivity contribution in [3.8, 4) is 0 Å². The zero-order valence-corrected chi connectivity index (χ0v) is 21.5. The van der Waals surface area contributed by atoms with Gasteiger partial charge in [0, 0.05) is 31.7 Å². The summed E-state index contributed by atoms with van der Waals surface area (Å²) in [5, 5.41) is 9.60. The maximum atomic E-state index is 13.5. The van der Waals surface area contributed by atoms with Gasteiger partial charge in [-0.15, -0.1) is 11.6 Å². The molecule has 34 heavy (non-hydrogen) atoms. The number of allylic oxidation sites excluding steroid dienone is 4. The third-order valence-electron chi connectivity index (χ3n) is 4.51. The van der Waals surface area contributed by atoms with Crippen LogP contribution in [0.15, 0.2) is 36.2 Å². The van der Waals surface area contributed by atoms with E-state index in [4.69, 9.17) is 0 Å². The summed E-state index contributed by atoms with van der Waals surface area (Å²) in [7, 11) is 0. The summed E-state index contributed by atoms with van der Waals surface area (Å²) in [5.74, 6) is -23.2. The van der Waals surface area contributed by atoms with Gasteiger partial charge in [0.05, 0.1) is 11.5 Å². The molecule has 1 aromatic heterocycles. The number of alkyl halides is 8. The molecule has 1 aliphatic carbocycles. The zero-order chi connectivity index (χ0) is 26.3. The van der Waals surface area contributed by atoms with Crippen LogP contribution in [0.4, 0.5) is 35.1 Å². The van der Waals surface area contributed by atoms with E-state index in [9.17, 15) is 45.0 Å². The number of aliphatic hydroxyl groups is 1. The van der Waals surface area contributed by atoms with Crippen molar-refractivity contribution >= 4 is 11.4 Å². The summed E-state index contributed by atoms with van der Waals surface area (Å²) in [4.78, 5) is 12.8. The molecule has 0 atom stereocenters. The number of pyridine rings is 1. The van der Waals surface area contributed by atoms with Gasteiger partial charge < -0.3 is 10.1 Å². The SMILES string of the molecule is CC(C)(C)C(=[OH+])/C=C(\O)C(C)(C)C.FC1(F)[C-]=C(c2ccccn2)C(F)(F)C(F)(F)C1(F)F.[Ir]. The number of aliphatic hydroxyl groups excluding tert-OH is 1. The molecule has 1 aromatic rings. The number of hydrogen-bond donors (Lipinski definition) is 1. The van der Waals surface area contributed by atoms with Crippen LogP contribution < -0.4 is 0 Å². The molecule has 2 rings (SSSR count). The smallest absolute Gasteiger partial charge is 0.378 e. The van der Waals surface area contributed by atoms with E-state index in [0.717, 1.165) is 12.3 Å². The van der Waals surface area contributed by atoms with Crippen molar-refractivity contribution < 1.29 is 65.1 Å². The van der Waals surface area contributed by atoms with Crippen LogP contribution in [0.1, 0.15) is 47.2 Å². The van der Waals surface area contributed by atoms with Crippen molar-refractivity contribution in [2.45, 2.75) is 65.2 Å². The van der Waals surface area contributed by atoms with Crippen LogP contribution in [0.2, 0.25) is 0 Å². The number of hydrogen-bond acceptors (Lipinski definition) is 2. The monoisotopic (exact) mass is 680 g/mol. The molecule has 0 spiro atoms. The van der Waals surface area contributed by atoms with Gasteiger partial charge in [0.1, 0.15) is 5.76 Å². The number of carbonyl (C=O) groups excluding carboxylic acids is 1. The molecular weight excluding hydrogens is 654 g/mol. The fraction of sp³-hybridized carbons (Fsp3) is 0.545. The maximum absolute atomic E-state index is 13.5. The van der Waals surface area contributed by atoms with Crippen molar-refractivity contribution in [1.82, 2.24) is 4.98 Å². The second kappa shape index (κ2) is 10.0. The van der Waals surface area contributed by atoms with E-state index in [1.165, 1.54) is 12.1 Å². The van der Waals surface area contributed by atoms with E-state index in [1.807, 2.05) is 41.5 Å².